The minimum atomic E-state index is 0.704. The molecule has 1 saturated heterocycles. The van der Waals surface area contributed by atoms with Crippen LogP contribution in [0.25, 0.3) is 0 Å². The molecule has 9 heavy (non-hydrogen) atoms. The molecule has 0 unspecified atom stereocenters. The van der Waals surface area contributed by atoms with Crippen LogP contribution in [0.2, 0.25) is 0 Å². The molecule has 0 radical (unpaired) electrons. The van der Waals surface area contributed by atoms with Crippen LogP contribution in [-0.4, -0.2) is 31.1 Å². The summed E-state index contributed by atoms with van der Waals surface area (Å²) in [5, 5.41) is 0. The number of nitrogens with zero attached hydrogens (tertiary/aromatic N) is 1. The fourth-order valence-corrected chi connectivity index (χ4v) is 1.49. The van der Waals surface area contributed by atoms with Gasteiger partial charge in [-0.1, -0.05) is 0 Å². The van der Waals surface area contributed by atoms with Crippen molar-refractivity contribution in [2.24, 2.45) is 11.7 Å². The summed E-state index contributed by atoms with van der Waals surface area (Å²) >= 11 is 0. The highest BCUT2D eigenvalue weighted by atomic mass is 15.1. The third kappa shape index (κ3) is 1.25. The second-order valence-corrected chi connectivity index (χ2v) is 3.01. The molecule has 54 valence electrons. The molecule has 0 spiro atoms. The molecule has 0 aliphatic carbocycles. The highest BCUT2D eigenvalue weighted by molar-refractivity contribution is 4.81. The van der Waals surface area contributed by atoms with Crippen LogP contribution < -0.4 is 5.73 Å². The van der Waals surface area contributed by atoms with Gasteiger partial charge in [-0.2, -0.15) is 0 Å². The van der Waals surface area contributed by atoms with Gasteiger partial charge in [0.25, 0.3) is 0 Å². The maximum atomic E-state index is 5.56. The lowest BCUT2D eigenvalue weighted by Gasteiger charge is -2.18. The predicted octanol–water partition coefficient (Wildman–Crippen LogP) is 0.285. The Morgan fingerprint density at radius 1 is 1.67 bits per heavy atom. The van der Waals surface area contributed by atoms with Crippen molar-refractivity contribution in [3.63, 3.8) is 0 Å². The molecule has 0 bridgehead atoms. The smallest absolute Gasteiger partial charge is 0.0105 e. The lowest BCUT2D eigenvalue weighted by Crippen LogP contribution is -2.29. The summed E-state index contributed by atoms with van der Waals surface area (Å²) in [7, 11) is 2.17. The maximum Gasteiger partial charge on any atom is 0.0105 e. The number of rotatable bonds is 1. The Labute approximate surface area is 57.0 Å². The molecule has 1 heterocycles. The molecule has 1 aliphatic rings. The summed E-state index contributed by atoms with van der Waals surface area (Å²) < 4.78 is 0. The minimum absolute atomic E-state index is 0.704. The maximum absolute atomic E-state index is 5.56. The number of hydrogen-bond donors (Lipinski definition) is 1. The first-order valence-electron chi connectivity index (χ1n) is 3.66. The molecular weight excluding hydrogens is 112 g/mol. The second kappa shape index (κ2) is 2.67. The summed E-state index contributed by atoms with van der Waals surface area (Å²) in [6.45, 7) is 4.33. The minimum Gasteiger partial charge on any atom is -0.330 e. The average Bonchev–Trinajstić information content (AvgIpc) is 2.15. The summed E-state index contributed by atoms with van der Waals surface area (Å²) in [5.41, 5.74) is 5.56. The first kappa shape index (κ1) is 7.03. The van der Waals surface area contributed by atoms with E-state index in [0.29, 0.717) is 6.04 Å². The van der Waals surface area contributed by atoms with Crippen molar-refractivity contribution in [1.29, 1.82) is 0 Å². The third-order valence-electron chi connectivity index (χ3n) is 2.53. The molecule has 0 amide bonds. The Morgan fingerprint density at radius 2 is 2.33 bits per heavy atom. The van der Waals surface area contributed by atoms with Crippen molar-refractivity contribution in [3.05, 3.63) is 0 Å². The molecule has 2 atom stereocenters. The number of nitrogens with two attached hydrogens (primary N) is 1. The zero-order valence-electron chi connectivity index (χ0n) is 6.30. The van der Waals surface area contributed by atoms with Gasteiger partial charge in [-0.25, -0.2) is 0 Å². The Kier molecular flexibility index (Phi) is 2.09. The van der Waals surface area contributed by atoms with Crippen molar-refractivity contribution in [3.8, 4) is 0 Å². The molecule has 2 heteroatoms. The highest BCUT2D eigenvalue weighted by Crippen LogP contribution is 2.20. The first-order valence-corrected chi connectivity index (χ1v) is 3.66. The van der Waals surface area contributed by atoms with Crippen LogP contribution in [0.1, 0.15) is 13.3 Å². The van der Waals surface area contributed by atoms with Gasteiger partial charge in [0.1, 0.15) is 0 Å². The molecule has 0 aromatic carbocycles. The molecule has 2 nitrogen and oxygen atoms in total. The van der Waals surface area contributed by atoms with Gasteiger partial charge in [0, 0.05) is 6.04 Å². The molecule has 1 fully saturated rings. The summed E-state index contributed by atoms with van der Waals surface area (Å²) in [6, 6.07) is 0.704. The van der Waals surface area contributed by atoms with Crippen LogP contribution in [0.15, 0.2) is 0 Å². The Bertz CT molecular complexity index is 92.9. The lowest BCUT2D eigenvalue weighted by atomic mass is 10.0. The van der Waals surface area contributed by atoms with Crippen LogP contribution in [0.3, 0.4) is 0 Å². The summed E-state index contributed by atoms with van der Waals surface area (Å²) in [4.78, 5) is 2.37. The number of hydrogen-bond acceptors (Lipinski definition) is 2. The molecule has 1 aliphatic heterocycles. The van der Waals surface area contributed by atoms with Crippen LogP contribution in [0.4, 0.5) is 0 Å². The molecular formula is C7H16N2. The van der Waals surface area contributed by atoms with Gasteiger partial charge >= 0.3 is 0 Å². The molecule has 0 saturated carbocycles. The molecule has 2 N–H and O–H groups in total. The van der Waals surface area contributed by atoms with Crippen LogP contribution >= 0.6 is 0 Å². The third-order valence-corrected chi connectivity index (χ3v) is 2.53. The van der Waals surface area contributed by atoms with E-state index in [-0.39, 0.29) is 0 Å². The van der Waals surface area contributed by atoms with E-state index in [1.807, 2.05) is 0 Å². The van der Waals surface area contributed by atoms with Gasteiger partial charge in [-0.05, 0) is 39.4 Å². The predicted molar refractivity (Wildman–Crippen MR) is 39.3 cm³/mol. The van der Waals surface area contributed by atoms with E-state index in [1.165, 1.54) is 13.0 Å². The Hall–Kier alpha value is -0.0800. The quantitative estimate of drug-likeness (QED) is 0.550. The van der Waals surface area contributed by atoms with Gasteiger partial charge in [-0.3, -0.25) is 0 Å². The van der Waals surface area contributed by atoms with Crippen LogP contribution in [-0.2, 0) is 0 Å². The fourth-order valence-electron chi connectivity index (χ4n) is 1.49. The standard InChI is InChI=1S/C7H16N2/c1-6-7(5-8)3-4-9(6)2/h6-7H,3-5,8H2,1-2H3/t6-,7-/m0/s1. The van der Waals surface area contributed by atoms with E-state index < -0.39 is 0 Å². The second-order valence-electron chi connectivity index (χ2n) is 3.01. The lowest BCUT2D eigenvalue weighted by molar-refractivity contribution is 0.295. The summed E-state index contributed by atoms with van der Waals surface area (Å²) in [6.07, 6.45) is 1.29. The van der Waals surface area contributed by atoms with Crippen molar-refractivity contribution in [1.82, 2.24) is 4.90 Å². The van der Waals surface area contributed by atoms with Crippen molar-refractivity contribution < 1.29 is 0 Å². The number of likely N-dealkylation sites (tertiary alicyclic amines) is 1. The average molecular weight is 128 g/mol. The zero-order chi connectivity index (χ0) is 6.85. The van der Waals surface area contributed by atoms with Gasteiger partial charge in [0.2, 0.25) is 0 Å². The monoisotopic (exact) mass is 128 g/mol. The van der Waals surface area contributed by atoms with E-state index in [9.17, 15) is 0 Å². The van der Waals surface area contributed by atoms with Gasteiger partial charge in [0.15, 0.2) is 0 Å². The largest absolute Gasteiger partial charge is 0.330 e. The van der Waals surface area contributed by atoms with Crippen LogP contribution in [0, 0.1) is 5.92 Å². The summed E-state index contributed by atoms with van der Waals surface area (Å²) in [5.74, 6) is 0.745. The fraction of sp³-hybridized carbons (Fsp3) is 1.00. The highest BCUT2D eigenvalue weighted by Gasteiger charge is 2.25. The molecule has 1 rings (SSSR count). The normalized spacial score (nSPS) is 37.7. The van der Waals surface area contributed by atoms with E-state index in [4.69, 9.17) is 5.73 Å². The Balaban J connectivity index is 2.41. The van der Waals surface area contributed by atoms with Crippen molar-refractivity contribution in [2.75, 3.05) is 20.1 Å². The molecule has 0 aromatic heterocycles. The zero-order valence-corrected chi connectivity index (χ0v) is 6.30. The van der Waals surface area contributed by atoms with Crippen LogP contribution in [0.5, 0.6) is 0 Å². The van der Waals surface area contributed by atoms with E-state index in [1.54, 1.807) is 0 Å². The molecule has 0 aromatic rings. The van der Waals surface area contributed by atoms with Crippen molar-refractivity contribution >= 4 is 0 Å². The van der Waals surface area contributed by atoms with E-state index >= 15 is 0 Å². The Morgan fingerprint density at radius 3 is 2.56 bits per heavy atom. The van der Waals surface area contributed by atoms with Crippen molar-refractivity contribution in [2.45, 2.75) is 19.4 Å². The van der Waals surface area contributed by atoms with E-state index in [0.717, 1.165) is 12.5 Å². The first-order chi connectivity index (χ1) is 4.25. The SMILES string of the molecule is C[C@H]1[C@H](CN)CCN1C. The van der Waals surface area contributed by atoms with Gasteiger partial charge in [0.05, 0.1) is 0 Å². The van der Waals surface area contributed by atoms with E-state index in [2.05, 4.69) is 18.9 Å². The topological polar surface area (TPSA) is 29.3 Å². The van der Waals surface area contributed by atoms with Gasteiger partial charge in [-0.15, -0.1) is 0 Å². The van der Waals surface area contributed by atoms with Gasteiger partial charge < -0.3 is 10.6 Å².